The summed E-state index contributed by atoms with van der Waals surface area (Å²) in [5, 5.41) is 10.8. The average molecular weight is 250 g/mol. The molecule has 7 heteroatoms. The molecule has 0 saturated carbocycles. The van der Waals surface area contributed by atoms with Gasteiger partial charge in [0.1, 0.15) is 0 Å². The van der Waals surface area contributed by atoms with Crippen LogP contribution >= 0.6 is 0 Å². The van der Waals surface area contributed by atoms with E-state index in [2.05, 4.69) is 0 Å². The van der Waals surface area contributed by atoms with Crippen molar-refractivity contribution in [3.8, 4) is 5.75 Å². The van der Waals surface area contributed by atoms with Crippen molar-refractivity contribution in [1.29, 1.82) is 0 Å². The number of hydrogen-bond acceptors (Lipinski definition) is 5. The Morgan fingerprint density at radius 3 is 2.61 bits per heavy atom. The number of ether oxygens (including phenoxy) is 1. The van der Waals surface area contributed by atoms with Gasteiger partial charge in [-0.2, -0.15) is 0 Å². The first-order valence-corrected chi connectivity index (χ1v) is 5.17. The smallest absolute Gasteiger partial charge is 0.312 e. The van der Waals surface area contributed by atoms with Crippen LogP contribution in [0.5, 0.6) is 5.75 Å². The number of nitro groups is 1. The molecule has 94 valence electrons. The fourth-order valence-electron chi connectivity index (χ4n) is 1.81. The van der Waals surface area contributed by atoms with E-state index in [1.165, 1.54) is 30.2 Å². The van der Waals surface area contributed by atoms with Crippen molar-refractivity contribution < 1.29 is 19.2 Å². The van der Waals surface area contributed by atoms with Gasteiger partial charge in [0, 0.05) is 6.07 Å². The monoisotopic (exact) mass is 250 g/mol. The lowest BCUT2D eigenvalue weighted by molar-refractivity contribution is -0.385. The minimum atomic E-state index is -0.593. The van der Waals surface area contributed by atoms with Crippen LogP contribution in [0.1, 0.15) is 6.42 Å². The molecule has 1 aromatic carbocycles. The molecule has 0 aliphatic carbocycles. The van der Waals surface area contributed by atoms with Crippen LogP contribution in [0.3, 0.4) is 0 Å². The quantitative estimate of drug-likeness (QED) is 0.452. The van der Waals surface area contributed by atoms with Crippen LogP contribution in [0, 0.1) is 10.1 Å². The number of Topliss-reactive ketones (excluding diaryl/α,β-unsaturated/α-hetero) is 1. The molecule has 0 bridgehead atoms. The minimum Gasteiger partial charge on any atom is -0.490 e. The Balaban J connectivity index is 2.41. The minimum absolute atomic E-state index is 0.0394. The van der Waals surface area contributed by atoms with E-state index in [0.717, 1.165) is 0 Å². The summed E-state index contributed by atoms with van der Waals surface area (Å²) >= 11 is 0. The molecule has 1 fully saturated rings. The number of nitrogens with zero attached hydrogens (tertiary/aromatic N) is 2. The summed E-state index contributed by atoms with van der Waals surface area (Å²) in [6.45, 7) is -0.0394. The average Bonchev–Trinajstić information content (AvgIpc) is 2.67. The Kier molecular flexibility index (Phi) is 2.97. The van der Waals surface area contributed by atoms with Crippen molar-refractivity contribution in [2.45, 2.75) is 6.42 Å². The fraction of sp³-hybridized carbons (Fsp3) is 0.273. The third-order valence-corrected chi connectivity index (χ3v) is 2.65. The highest BCUT2D eigenvalue weighted by Gasteiger charge is 2.30. The summed E-state index contributed by atoms with van der Waals surface area (Å²) in [7, 11) is 1.33. The van der Waals surface area contributed by atoms with Crippen LogP contribution in [0.4, 0.5) is 11.4 Å². The Labute approximate surface area is 102 Å². The third-order valence-electron chi connectivity index (χ3n) is 2.65. The van der Waals surface area contributed by atoms with Gasteiger partial charge in [0.2, 0.25) is 5.91 Å². The number of methoxy groups -OCH3 is 1. The molecule has 1 saturated heterocycles. The second-order valence-corrected chi connectivity index (χ2v) is 3.81. The van der Waals surface area contributed by atoms with Crippen LogP contribution in [0.2, 0.25) is 0 Å². The number of anilines is 1. The summed E-state index contributed by atoms with van der Waals surface area (Å²) in [6.07, 6.45) is -0.153. The Bertz CT molecular complexity index is 540. The van der Waals surface area contributed by atoms with Gasteiger partial charge in [-0.05, 0) is 12.1 Å². The van der Waals surface area contributed by atoms with Gasteiger partial charge in [0.15, 0.2) is 11.5 Å². The maximum Gasteiger partial charge on any atom is 0.312 e. The van der Waals surface area contributed by atoms with Crippen LogP contribution in [0.15, 0.2) is 18.2 Å². The predicted molar refractivity (Wildman–Crippen MR) is 61.6 cm³/mol. The molecule has 0 atom stereocenters. The highest BCUT2D eigenvalue weighted by molar-refractivity contribution is 6.15. The lowest BCUT2D eigenvalue weighted by atomic mass is 10.2. The van der Waals surface area contributed by atoms with Crippen molar-refractivity contribution in [3.63, 3.8) is 0 Å². The maximum atomic E-state index is 11.5. The molecule has 1 aliphatic rings. The van der Waals surface area contributed by atoms with Crippen molar-refractivity contribution in [3.05, 3.63) is 28.3 Å². The highest BCUT2D eigenvalue weighted by atomic mass is 16.6. The number of nitro benzene ring substituents is 1. The molecule has 0 unspecified atom stereocenters. The third kappa shape index (κ3) is 2.02. The second-order valence-electron chi connectivity index (χ2n) is 3.81. The van der Waals surface area contributed by atoms with E-state index in [1.807, 2.05) is 0 Å². The molecule has 1 aromatic rings. The number of rotatable bonds is 3. The van der Waals surface area contributed by atoms with E-state index in [9.17, 15) is 19.7 Å². The van der Waals surface area contributed by atoms with Crippen molar-refractivity contribution >= 4 is 23.1 Å². The maximum absolute atomic E-state index is 11.5. The van der Waals surface area contributed by atoms with Gasteiger partial charge in [-0.15, -0.1) is 0 Å². The number of benzene rings is 1. The fourth-order valence-corrected chi connectivity index (χ4v) is 1.81. The van der Waals surface area contributed by atoms with Gasteiger partial charge in [-0.25, -0.2) is 0 Å². The molecule has 0 aromatic heterocycles. The summed E-state index contributed by atoms with van der Waals surface area (Å²) in [4.78, 5) is 34.2. The number of hydrogen-bond donors (Lipinski definition) is 0. The normalized spacial score (nSPS) is 15.1. The van der Waals surface area contributed by atoms with Crippen LogP contribution < -0.4 is 9.64 Å². The van der Waals surface area contributed by atoms with E-state index < -0.39 is 4.92 Å². The van der Waals surface area contributed by atoms with Crippen molar-refractivity contribution in [2.24, 2.45) is 0 Å². The molecular formula is C11H10N2O5. The standard InChI is InChI=1S/C11H10N2O5/c1-18-10-3-2-7(4-9(10)13(16)17)12-6-8(14)5-11(12)15/h2-4H,5-6H2,1H3. The Morgan fingerprint density at radius 2 is 2.11 bits per heavy atom. The molecule has 7 nitrogen and oxygen atoms in total. The SMILES string of the molecule is COc1ccc(N2CC(=O)CC2=O)cc1[N+](=O)[O-]. The molecule has 1 amide bonds. The van der Waals surface area contributed by atoms with E-state index in [1.54, 1.807) is 0 Å². The van der Waals surface area contributed by atoms with E-state index in [0.29, 0.717) is 5.69 Å². The zero-order valence-corrected chi connectivity index (χ0v) is 9.58. The summed E-state index contributed by atoms with van der Waals surface area (Å²) in [5.74, 6) is -0.431. The molecule has 2 rings (SSSR count). The van der Waals surface area contributed by atoms with Crippen molar-refractivity contribution in [1.82, 2.24) is 0 Å². The van der Waals surface area contributed by atoms with Crippen LogP contribution in [-0.4, -0.2) is 30.3 Å². The summed E-state index contributed by atoms with van der Waals surface area (Å²) in [6, 6.07) is 4.15. The number of amides is 1. The zero-order valence-electron chi connectivity index (χ0n) is 9.58. The molecule has 1 aliphatic heterocycles. The molecule has 0 N–H and O–H groups in total. The number of ketones is 1. The lowest BCUT2D eigenvalue weighted by Crippen LogP contribution is -2.24. The lowest BCUT2D eigenvalue weighted by Gasteiger charge is -2.14. The Morgan fingerprint density at radius 1 is 1.39 bits per heavy atom. The first-order valence-electron chi connectivity index (χ1n) is 5.17. The van der Waals surface area contributed by atoms with Gasteiger partial charge in [0.25, 0.3) is 0 Å². The van der Waals surface area contributed by atoms with E-state index in [-0.39, 0.29) is 36.1 Å². The molecule has 0 spiro atoms. The predicted octanol–water partition coefficient (Wildman–Crippen LogP) is 0.909. The van der Waals surface area contributed by atoms with Gasteiger partial charge in [-0.3, -0.25) is 19.7 Å². The van der Waals surface area contributed by atoms with Crippen LogP contribution in [0.25, 0.3) is 0 Å². The zero-order chi connectivity index (χ0) is 13.3. The van der Waals surface area contributed by atoms with Crippen molar-refractivity contribution in [2.75, 3.05) is 18.6 Å². The largest absolute Gasteiger partial charge is 0.490 e. The summed E-state index contributed by atoms with van der Waals surface area (Å²) < 4.78 is 4.86. The van der Waals surface area contributed by atoms with E-state index in [4.69, 9.17) is 4.74 Å². The summed E-state index contributed by atoms with van der Waals surface area (Å²) in [5.41, 5.74) is 0.0977. The highest BCUT2D eigenvalue weighted by Crippen LogP contribution is 2.32. The van der Waals surface area contributed by atoms with Crippen LogP contribution in [-0.2, 0) is 9.59 Å². The first kappa shape index (κ1) is 12.0. The molecular weight excluding hydrogens is 240 g/mol. The van der Waals surface area contributed by atoms with Gasteiger partial charge in [0.05, 0.1) is 30.7 Å². The van der Waals surface area contributed by atoms with Gasteiger partial charge >= 0.3 is 5.69 Å². The first-order chi connectivity index (χ1) is 8.52. The second kappa shape index (κ2) is 4.44. The topological polar surface area (TPSA) is 89.8 Å². The van der Waals surface area contributed by atoms with Gasteiger partial charge < -0.3 is 9.64 Å². The number of carbonyl (C=O) groups is 2. The molecule has 1 heterocycles. The number of carbonyl (C=O) groups excluding carboxylic acids is 2. The molecule has 0 radical (unpaired) electrons. The molecule has 18 heavy (non-hydrogen) atoms. The Hall–Kier alpha value is -2.44. The van der Waals surface area contributed by atoms with E-state index >= 15 is 0 Å². The van der Waals surface area contributed by atoms with Gasteiger partial charge in [-0.1, -0.05) is 0 Å².